The van der Waals surface area contributed by atoms with Crippen LogP contribution in [-0.2, 0) is 25.4 Å². The van der Waals surface area contributed by atoms with Crippen molar-refractivity contribution in [2.75, 3.05) is 68.0 Å². The number of carbonyl (C=O) groups excluding carboxylic acids is 1. The van der Waals surface area contributed by atoms with Gasteiger partial charge in [0, 0.05) is 81.2 Å². The zero-order valence-electron chi connectivity index (χ0n) is 31.5. The van der Waals surface area contributed by atoms with Gasteiger partial charge < -0.3 is 24.7 Å². The van der Waals surface area contributed by atoms with Crippen LogP contribution in [0.2, 0.25) is 0 Å². The molecule has 0 bridgehead atoms. The maximum Gasteiger partial charge on any atom is 0.235 e. The quantitative estimate of drug-likeness (QED) is 0.250. The molecule has 3 unspecified atom stereocenters. The highest BCUT2D eigenvalue weighted by Gasteiger charge is 2.38. The Kier molecular flexibility index (Phi) is 11.9. The van der Waals surface area contributed by atoms with Crippen LogP contribution in [0.1, 0.15) is 71.3 Å². The summed E-state index contributed by atoms with van der Waals surface area (Å²) >= 11 is 0. The van der Waals surface area contributed by atoms with Crippen molar-refractivity contribution in [3.05, 3.63) is 48.2 Å². The second-order valence-electron chi connectivity index (χ2n) is 15.0. The molecule has 1 aliphatic carbocycles. The van der Waals surface area contributed by atoms with Gasteiger partial charge in [-0.3, -0.25) is 13.9 Å². The van der Waals surface area contributed by atoms with E-state index in [1.165, 1.54) is 5.57 Å². The van der Waals surface area contributed by atoms with Gasteiger partial charge in [-0.1, -0.05) is 12.5 Å². The van der Waals surface area contributed by atoms with Crippen LogP contribution in [0.15, 0.2) is 42.6 Å². The van der Waals surface area contributed by atoms with Crippen LogP contribution in [-0.4, -0.2) is 140 Å². The summed E-state index contributed by atoms with van der Waals surface area (Å²) in [5.41, 5.74) is 4.33. The van der Waals surface area contributed by atoms with E-state index < -0.39 is 20.6 Å². The topological polar surface area (TPSA) is 142 Å². The second-order valence-corrected chi connectivity index (χ2v) is 18.7. The summed E-state index contributed by atoms with van der Waals surface area (Å²) in [5.74, 6) is 1.96. The molecule has 3 fully saturated rings. The zero-order chi connectivity index (χ0) is 37.2. The highest BCUT2D eigenvalue weighted by atomic mass is 32.2. The van der Waals surface area contributed by atoms with Gasteiger partial charge in [0.25, 0.3) is 0 Å². The molecule has 6 rings (SSSR count). The molecule has 5 heterocycles. The van der Waals surface area contributed by atoms with Crippen molar-refractivity contribution >= 4 is 54.9 Å². The van der Waals surface area contributed by atoms with E-state index in [1.807, 2.05) is 37.5 Å². The first-order valence-electron chi connectivity index (χ1n) is 18.6. The van der Waals surface area contributed by atoms with Gasteiger partial charge in [-0.05, 0) is 64.6 Å². The number of amides is 1. The number of aromatic amines is 2. The number of sulfone groups is 1. The van der Waals surface area contributed by atoms with Crippen molar-refractivity contribution in [3.63, 3.8) is 0 Å². The standard InChI is InChI=1S/C37H55N9O4S2/c1-7-26(2)20-46(37-32(12-17-39-37)27(3)44-18-15-30(22-44)43(5)34(47)23-51(6)48)28-8-10-31(11-9-28)52(49,50)25-42(4)29-14-19-45(21-29)36-33-13-16-38-35(33)40-24-41-36/h12-13,16-17,20,24,28-31H,7-11,14-15,18-19,21-23,25H2,1-6H3,(H,38,40,41)/p+1. The third-order valence-electron chi connectivity index (χ3n) is 11.5. The van der Waals surface area contributed by atoms with Crippen molar-refractivity contribution in [3.8, 4) is 0 Å². The lowest BCUT2D eigenvalue weighted by molar-refractivity contribution is -0.508. The number of carbonyl (C=O) groups is 1. The average molecular weight is 755 g/mol. The van der Waals surface area contributed by atoms with Crippen molar-refractivity contribution in [2.24, 2.45) is 0 Å². The molecule has 3 atom stereocenters. The van der Waals surface area contributed by atoms with Crippen molar-refractivity contribution < 1.29 is 22.0 Å². The molecule has 0 aromatic carbocycles. The van der Waals surface area contributed by atoms with Crippen molar-refractivity contribution in [2.45, 2.75) is 89.1 Å². The van der Waals surface area contributed by atoms with E-state index in [2.05, 4.69) is 67.3 Å². The van der Waals surface area contributed by atoms with Gasteiger partial charge in [0.15, 0.2) is 22.1 Å². The molecule has 2 saturated heterocycles. The lowest BCUT2D eigenvalue weighted by atomic mass is 9.93. The lowest BCUT2D eigenvalue weighted by Gasteiger charge is -2.37. The third-order valence-corrected chi connectivity index (χ3v) is 14.5. The maximum absolute atomic E-state index is 13.9. The van der Waals surface area contributed by atoms with Crippen LogP contribution in [0, 0.1) is 0 Å². The Balaban J connectivity index is 1.10. The maximum atomic E-state index is 13.9. The van der Waals surface area contributed by atoms with Crippen LogP contribution in [0.3, 0.4) is 0 Å². The van der Waals surface area contributed by atoms with Crippen LogP contribution in [0.5, 0.6) is 0 Å². The number of hydrogen-bond acceptors (Lipinski definition) is 9. The highest BCUT2D eigenvalue weighted by molar-refractivity contribution is 7.91. The van der Waals surface area contributed by atoms with Crippen molar-refractivity contribution in [1.82, 2.24) is 29.7 Å². The fourth-order valence-corrected chi connectivity index (χ4v) is 10.7. The zero-order valence-corrected chi connectivity index (χ0v) is 33.2. The van der Waals surface area contributed by atoms with Crippen LogP contribution >= 0.6 is 0 Å². The van der Waals surface area contributed by atoms with Crippen LogP contribution in [0.4, 0.5) is 11.6 Å². The largest absolute Gasteiger partial charge is 0.354 e. The normalized spacial score (nSPS) is 24.5. The Morgan fingerprint density at radius 1 is 1.04 bits per heavy atom. The summed E-state index contributed by atoms with van der Waals surface area (Å²) in [5, 5.41) is 0.632. The summed E-state index contributed by atoms with van der Waals surface area (Å²) in [7, 11) is -0.736. The SMILES string of the molecule is CCC(C)=CN(c1[nH]ccc1C(C)=[N+]1CCC(N(C)C(=O)CS(C)=O)C1)C1CCC(S(=O)(=O)CN(C)C2CCN(c3ncnc4[nH]ccc34)C2)CC1. The molecule has 52 heavy (non-hydrogen) atoms. The number of likely N-dealkylation sites (N-methyl/N-ethyl adjacent to an activating group) is 2. The number of nitrogens with zero attached hydrogens (tertiary/aromatic N) is 7. The smallest absolute Gasteiger partial charge is 0.235 e. The minimum atomic E-state index is -3.34. The number of hydrogen-bond donors (Lipinski definition) is 2. The molecule has 2 aliphatic heterocycles. The van der Waals surface area contributed by atoms with Gasteiger partial charge in [-0.25, -0.2) is 23.0 Å². The number of anilines is 2. The molecule has 2 N–H and O–H groups in total. The minimum absolute atomic E-state index is 0.0535. The monoisotopic (exact) mass is 754 g/mol. The predicted molar refractivity (Wildman–Crippen MR) is 209 cm³/mol. The number of rotatable bonds is 13. The molecular weight excluding hydrogens is 699 g/mol. The fourth-order valence-electron chi connectivity index (χ4n) is 8.14. The molecular formula is C37H56N9O4S2+. The number of fused-ring (bicyclic) bond motifs is 1. The molecule has 3 aromatic rings. The number of H-pyrrole nitrogens is 2. The number of aromatic nitrogens is 4. The highest BCUT2D eigenvalue weighted by Crippen LogP contribution is 2.34. The molecule has 0 radical (unpaired) electrons. The summed E-state index contributed by atoms with van der Waals surface area (Å²) in [6.45, 7) is 9.58. The number of allylic oxidation sites excluding steroid dienone is 1. The summed E-state index contributed by atoms with van der Waals surface area (Å²) in [6, 6.07) is 4.49. The molecule has 1 amide bonds. The fraction of sp³-hybridized carbons (Fsp3) is 0.622. The Hall–Kier alpha value is -3.56. The van der Waals surface area contributed by atoms with Crippen LogP contribution < -0.4 is 9.80 Å². The Morgan fingerprint density at radius 3 is 2.52 bits per heavy atom. The first kappa shape index (κ1) is 38.2. The summed E-state index contributed by atoms with van der Waals surface area (Å²) < 4.78 is 41.8. The summed E-state index contributed by atoms with van der Waals surface area (Å²) in [6.07, 6.45) is 14.8. The first-order chi connectivity index (χ1) is 24.9. The van der Waals surface area contributed by atoms with Gasteiger partial charge in [-0.15, -0.1) is 0 Å². The average Bonchev–Trinajstić information content (AvgIpc) is 3.96. The molecule has 284 valence electrons. The molecule has 13 nitrogen and oxygen atoms in total. The van der Waals surface area contributed by atoms with Gasteiger partial charge in [0.2, 0.25) is 5.91 Å². The molecule has 3 aromatic heterocycles. The van der Waals surface area contributed by atoms with Gasteiger partial charge in [0.1, 0.15) is 41.8 Å². The van der Waals surface area contributed by atoms with Gasteiger partial charge in [-0.2, -0.15) is 0 Å². The van der Waals surface area contributed by atoms with E-state index in [0.29, 0.717) is 12.8 Å². The van der Waals surface area contributed by atoms with E-state index in [1.54, 1.807) is 17.5 Å². The second kappa shape index (κ2) is 16.2. The molecule has 1 saturated carbocycles. The Bertz CT molecular complexity index is 1930. The van der Waals surface area contributed by atoms with Gasteiger partial charge >= 0.3 is 0 Å². The van der Waals surface area contributed by atoms with E-state index in [9.17, 15) is 17.4 Å². The molecule has 0 spiro atoms. The van der Waals surface area contributed by atoms with E-state index in [0.717, 1.165) is 92.2 Å². The van der Waals surface area contributed by atoms with E-state index >= 15 is 0 Å². The van der Waals surface area contributed by atoms with Crippen LogP contribution in [0.25, 0.3) is 11.0 Å². The molecule has 3 aliphatic rings. The minimum Gasteiger partial charge on any atom is -0.354 e. The van der Waals surface area contributed by atoms with Gasteiger partial charge in [0.05, 0.1) is 22.2 Å². The molecule has 15 heteroatoms. The summed E-state index contributed by atoms with van der Waals surface area (Å²) in [4.78, 5) is 36.6. The van der Waals surface area contributed by atoms with E-state index in [4.69, 9.17) is 0 Å². The van der Waals surface area contributed by atoms with E-state index in [-0.39, 0.29) is 40.9 Å². The predicted octanol–water partition coefficient (Wildman–Crippen LogP) is 3.73. The first-order valence-corrected chi connectivity index (χ1v) is 22.0. The van der Waals surface area contributed by atoms with Crippen molar-refractivity contribution in [1.29, 1.82) is 0 Å². The third kappa shape index (κ3) is 8.31. The number of nitrogens with one attached hydrogen (secondary N) is 2. The Labute approximate surface area is 310 Å². The Morgan fingerprint density at radius 2 is 1.79 bits per heavy atom. The lowest BCUT2D eigenvalue weighted by Crippen LogP contribution is -2.43.